The molecule has 0 radical (unpaired) electrons. The maximum Gasteiger partial charge on any atom is 0.200 e. The normalized spacial score (nSPS) is 11.1. The van der Waals surface area contributed by atoms with Crippen molar-refractivity contribution in [1.82, 2.24) is 0 Å². The van der Waals surface area contributed by atoms with Gasteiger partial charge in [-0.3, -0.25) is 9.59 Å². The molecule has 1 N–H and O–H groups in total. The van der Waals surface area contributed by atoms with Crippen LogP contribution in [0.25, 0.3) is 10.8 Å². The molecule has 4 aromatic carbocycles. The second-order valence-electron chi connectivity index (χ2n) is 7.35. The lowest BCUT2D eigenvalue weighted by Crippen LogP contribution is -2.11. The summed E-state index contributed by atoms with van der Waals surface area (Å²) in [5.74, 6) is -1.65. The lowest BCUT2D eigenvalue weighted by Gasteiger charge is -2.17. The minimum absolute atomic E-state index is 0.00313. The van der Waals surface area contributed by atoms with Gasteiger partial charge in [0.1, 0.15) is 11.5 Å². The largest absolute Gasteiger partial charge is 0.507 e. The number of rotatable bonds is 5. The molecule has 0 aliphatic carbocycles. The molecule has 0 fully saturated rings. The highest BCUT2D eigenvalue weighted by Crippen LogP contribution is 2.41. The number of ketones is 2. The van der Waals surface area contributed by atoms with E-state index >= 15 is 0 Å². The predicted octanol–water partition coefficient (Wildman–Crippen LogP) is 8.94. The molecule has 0 amide bonds. The molecule has 0 aromatic heterocycles. The number of phenolic OH excluding ortho intramolecular Hbond substituents is 1. The van der Waals surface area contributed by atoms with E-state index in [0.717, 1.165) is 0 Å². The molecule has 0 heterocycles. The van der Waals surface area contributed by atoms with Gasteiger partial charge in [-0.25, -0.2) is 0 Å². The van der Waals surface area contributed by atoms with Crippen molar-refractivity contribution in [1.29, 1.82) is 0 Å². The fourth-order valence-corrected chi connectivity index (χ4v) is 5.76. The first-order valence-electron chi connectivity index (χ1n) is 9.76. The highest BCUT2D eigenvalue weighted by atomic mass is 35.5. The third-order valence-corrected chi connectivity index (χ3v) is 6.90. The van der Waals surface area contributed by atoms with Crippen LogP contribution in [0, 0.1) is 0 Å². The van der Waals surface area contributed by atoms with E-state index in [4.69, 9.17) is 74.3 Å². The summed E-state index contributed by atoms with van der Waals surface area (Å²) in [7, 11) is 1.36. The van der Waals surface area contributed by atoms with Gasteiger partial charge < -0.3 is 9.84 Å². The minimum Gasteiger partial charge on any atom is -0.507 e. The summed E-state index contributed by atoms with van der Waals surface area (Å²) in [5, 5.41) is 11.8. The van der Waals surface area contributed by atoms with Gasteiger partial charge in [-0.05, 0) is 41.8 Å². The Bertz CT molecular complexity index is 1500. The third-order valence-electron chi connectivity index (χ3n) is 5.27. The molecule has 178 valence electrons. The monoisotopic (exact) mass is 586 g/mol. The molecule has 0 unspecified atom stereocenters. The van der Waals surface area contributed by atoms with Crippen LogP contribution in [0.3, 0.4) is 0 Å². The summed E-state index contributed by atoms with van der Waals surface area (Å²) in [6.45, 7) is 0. The summed E-state index contributed by atoms with van der Waals surface area (Å²) in [5.41, 5.74) is -0.397. The molecule has 4 aromatic rings. The lowest BCUT2D eigenvalue weighted by molar-refractivity contribution is 0.103. The van der Waals surface area contributed by atoms with E-state index < -0.39 is 17.3 Å². The van der Waals surface area contributed by atoms with Crippen LogP contribution in [-0.4, -0.2) is 23.8 Å². The number of carbonyl (C=O) groups is 2. The van der Waals surface area contributed by atoms with Crippen LogP contribution in [-0.2, 0) is 0 Å². The van der Waals surface area contributed by atoms with Crippen molar-refractivity contribution >= 4 is 91.9 Å². The quantitative estimate of drug-likeness (QED) is 0.236. The van der Waals surface area contributed by atoms with Crippen molar-refractivity contribution in [3.8, 4) is 11.5 Å². The summed E-state index contributed by atoms with van der Waals surface area (Å²) in [4.78, 5) is 27.6. The molecule has 0 aliphatic heterocycles. The fourth-order valence-electron chi connectivity index (χ4n) is 3.78. The van der Waals surface area contributed by atoms with E-state index in [1.165, 1.54) is 37.4 Å². The van der Waals surface area contributed by atoms with Gasteiger partial charge in [-0.2, -0.15) is 0 Å². The number of carbonyl (C=O) groups excluding carboxylic acids is 2. The van der Waals surface area contributed by atoms with E-state index in [1.807, 2.05) is 0 Å². The van der Waals surface area contributed by atoms with E-state index in [9.17, 15) is 14.7 Å². The van der Waals surface area contributed by atoms with E-state index in [2.05, 4.69) is 0 Å². The molecule has 0 spiro atoms. The van der Waals surface area contributed by atoms with E-state index in [1.54, 1.807) is 18.2 Å². The molecule has 35 heavy (non-hydrogen) atoms. The Morgan fingerprint density at radius 2 is 1.09 bits per heavy atom. The van der Waals surface area contributed by atoms with Gasteiger partial charge in [0, 0.05) is 15.4 Å². The van der Waals surface area contributed by atoms with Crippen molar-refractivity contribution in [3.63, 3.8) is 0 Å². The number of phenols is 1. The Morgan fingerprint density at radius 3 is 1.54 bits per heavy atom. The summed E-state index contributed by atoms with van der Waals surface area (Å²) in [6.07, 6.45) is 0. The van der Waals surface area contributed by atoms with Crippen molar-refractivity contribution in [2.45, 2.75) is 0 Å². The van der Waals surface area contributed by atoms with E-state index in [0.29, 0.717) is 5.39 Å². The lowest BCUT2D eigenvalue weighted by atomic mass is 9.89. The van der Waals surface area contributed by atoms with Crippen molar-refractivity contribution in [2.24, 2.45) is 0 Å². The molecular formula is C25H12Cl6O4. The van der Waals surface area contributed by atoms with Crippen LogP contribution in [0.5, 0.6) is 11.5 Å². The number of methoxy groups -OCH3 is 1. The number of aromatic hydroxyl groups is 1. The average molecular weight is 589 g/mol. The molecular weight excluding hydrogens is 577 g/mol. The molecule has 0 saturated heterocycles. The molecule has 0 aliphatic rings. The highest BCUT2D eigenvalue weighted by molar-refractivity contribution is 6.45. The smallest absolute Gasteiger partial charge is 0.200 e. The van der Waals surface area contributed by atoms with Crippen LogP contribution < -0.4 is 4.74 Å². The number of halogens is 6. The standard InChI is InChI=1S/C25H12Cl6O4/c1-35-18-5-3-10-2-4-17(32)22(24(33)20-13(28)6-11(26)7-14(20)29)19(10)23(18)25(34)21-15(30)8-12(27)9-16(21)31/h2-9,32H,1H3. The zero-order valence-corrected chi connectivity index (χ0v) is 22.1. The van der Waals surface area contributed by atoms with Crippen LogP contribution in [0.15, 0.2) is 48.5 Å². The van der Waals surface area contributed by atoms with Gasteiger partial charge >= 0.3 is 0 Å². The zero-order chi connectivity index (χ0) is 25.6. The van der Waals surface area contributed by atoms with Crippen molar-refractivity contribution < 1.29 is 19.4 Å². The Balaban J connectivity index is 2.10. The number of ether oxygens (including phenoxy) is 1. The van der Waals surface area contributed by atoms with Crippen LogP contribution in [0.2, 0.25) is 30.1 Å². The second kappa shape index (κ2) is 10.1. The second-order valence-corrected chi connectivity index (χ2v) is 9.85. The first kappa shape index (κ1) is 25.9. The molecule has 0 saturated carbocycles. The average Bonchev–Trinajstić information content (AvgIpc) is 2.76. The van der Waals surface area contributed by atoms with Gasteiger partial charge in [-0.15, -0.1) is 0 Å². The van der Waals surface area contributed by atoms with Crippen LogP contribution >= 0.6 is 69.6 Å². The predicted molar refractivity (Wildman–Crippen MR) is 142 cm³/mol. The summed E-state index contributed by atoms with van der Waals surface area (Å²) in [6, 6.07) is 11.5. The Morgan fingerprint density at radius 1 is 0.657 bits per heavy atom. The van der Waals surface area contributed by atoms with Gasteiger partial charge in [0.15, 0.2) is 11.6 Å². The first-order chi connectivity index (χ1) is 16.5. The van der Waals surface area contributed by atoms with Crippen LogP contribution in [0.1, 0.15) is 31.8 Å². The molecule has 0 bridgehead atoms. The van der Waals surface area contributed by atoms with Gasteiger partial charge in [0.05, 0.1) is 49.5 Å². The number of benzene rings is 4. The van der Waals surface area contributed by atoms with Crippen molar-refractivity contribution in [3.05, 3.63) is 101 Å². The highest BCUT2D eigenvalue weighted by Gasteiger charge is 2.29. The minimum atomic E-state index is -0.727. The fraction of sp³-hybridized carbons (Fsp3) is 0.0400. The molecule has 4 nitrogen and oxygen atoms in total. The van der Waals surface area contributed by atoms with Crippen LogP contribution in [0.4, 0.5) is 0 Å². The Hall–Kier alpha value is -2.18. The summed E-state index contributed by atoms with van der Waals surface area (Å²) < 4.78 is 5.45. The zero-order valence-electron chi connectivity index (χ0n) is 17.6. The Kier molecular flexibility index (Phi) is 7.44. The number of hydrogen-bond donors (Lipinski definition) is 1. The maximum absolute atomic E-state index is 13.8. The third kappa shape index (κ3) is 4.67. The van der Waals surface area contributed by atoms with E-state index in [-0.39, 0.29) is 63.5 Å². The Labute approximate surface area is 229 Å². The topological polar surface area (TPSA) is 63.6 Å². The molecule has 10 heteroatoms. The van der Waals surface area contributed by atoms with Gasteiger partial charge in [0.25, 0.3) is 0 Å². The SMILES string of the molecule is COc1ccc2ccc(O)c(C(=O)c3c(Cl)cc(Cl)cc3Cl)c2c1C(=O)c1c(Cl)cc(Cl)cc1Cl. The molecule has 0 atom stereocenters. The number of fused-ring (bicyclic) bond motifs is 1. The first-order valence-corrected chi connectivity index (χ1v) is 12.0. The van der Waals surface area contributed by atoms with Gasteiger partial charge in [-0.1, -0.05) is 81.7 Å². The molecule has 4 rings (SSSR count). The van der Waals surface area contributed by atoms with Crippen molar-refractivity contribution in [2.75, 3.05) is 7.11 Å². The summed E-state index contributed by atoms with van der Waals surface area (Å²) >= 11 is 37.2. The van der Waals surface area contributed by atoms with Gasteiger partial charge in [0.2, 0.25) is 0 Å². The number of hydrogen-bond acceptors (Lipinski definition) is 4. The maximum atomic E-state index is 13.8.